The van der Waals surface area contributed by atoms with Crippen LogP contribution >= 0.6 is 0 Å². The monoisotopic (exact) mass is 404 g/mol. The van der Waals surface area contributed by atoms with Crippen LogP contribution in [0.5, 0.6) is 0 Å². The molecule has 0 amide bonds. The molecule has 0 radical (unpaired) electrons. The van der Waals surface area contributed by atoms with Crippen molar-refractivity contribution in [1.29, 1.82) is 0 Å². The fourth-order valence-corrected chi connectivity index (χ4v) is 2.54. The van der Waals surface area contributed by atoms with Gasteiger partial charge in [0, 0.05) is 19.6 Å². The number of esters is 1. The van der Waals surface area contributed by atoms with Crippen LogP contribution in [0.4, 0.5) is 0 Å². The van der Waals surface area contributed by atoms with Gasteiger partial charge in [-0.25, -0.2) is 0 Å². The summed E-state index contributed by atoms with van der Waals surface area (Å²) in [5.41, 5.74) is 0. The van der Waals surface area contributed by atoms with Gasteiger partial charge in [-0.05, 0) is 26.2 Å². The third-order valence-electron chi connectivity index (χ3n) is 4.31. The van der Waals surface area contributed by atoms with E-state index < -0.39 is 0 Å². The zero-order valence-electron chi connectivity index (χ0n) is 19.6. The molecule has 0 saturated carbocycles. The molecule has 0 aromatic carbocycles. The van der Waals surface area contributed by atoms with Gasteiger partial charge in [0.05, 0.1) is 6.61 Å². The van der Waals surface area contributed by atoms with Gasteiger partial charge in [-0.3, -0.25) is 4.79 Å². The van der Waals surface area contributed by atoms with Gasteiger partial charge < -0.3 is 14.9 Å². The van der Waals surface area contributed by atoms with Crippen LogP contribution in [0.15, 0.2) is 0 Å². The Morgan fingerprint density at radius 2 is 0.929 bits per heavy atom. The molecule has 0 bridgehead atoms. The van der Waals surface area contributed by atoms with Crippen LogP contribution in [-0.4, -0.2) is 36.0 Å². The van der Waals surface area contributed by atoms with Crippen LogP contribution < -0.4 is 0 Å². The number of carbonyl (C=O) groups excluding carboxylic acids is 1. The molecule has 0 atom stereocenters. The van der Waals surface area contributed by atoms with E-state index in [9.17, 15) is 4.79 Å². The summed E-state index contributed by atoms with van der Waals surface area (Å²) in [7, 11) is 0. The second kappa shape index (κ2) is 33.9. The highest BCUT2D eigenvalue weighted by Crippen LogP contribution is 2.07. The molecule has 172 valence electrons. The summed E-state index contributed by atoms with van der Waals surface area (Å²) in [5, 5.41) is 16.8. The third kappa shape index (κ3) is 40.2. The van der Waals surface area contributed by atoms with Crippen molar-refractivity contribution < 1.29 is 19.7 Å². The summed E-state index contributed by atoms with van der Waals surface area (Å²) in [6.45, 7) is 9.59. The number of ether oxygens (including phenoxy) is 1. The van der Waals surface area contributed by atoms with E-state index in [0.29, 0.717) is 26.2 Å². The van der Waals surface area contributed by atoms with E-state index in [-0.39, 0.29) is 5.97 Å². The minimum atomic E-state index is -0.0593. The van der Waals surface area contributed by atoms with Crippen molar-refractivity contribution in [3.63, 3.8) is 0 Å². The van der Waals surface area contributed by atoms with E-state index in [2.05, 4.69) is 20.8 Å². The molecule has 28 heavy (non-hydrogen) atoms. The first-order chi connectivity index (χ1) is 13.6. The average Bonchev–Trinajstić information content (AvgIpc) is 2.69. The zero-order chi connectivity index (χ0) is 21.7. The van der Waals surface area contributed by atoms with Gasteiger partial charge in [-0.15, -0.1) is 0 Å². The summed E-state index contributed by atoms with van der Waals surface area (Å²) >= 11 is 0. The summed E-state index contributed by atoms with van der Waals surface area (Å²) in [6, 6.07) is 0. The molecule has 4 heteroatoms. The highest BCUT2D eigenvalue weighted by Gasteiger charge is 1.98. The highest BCUT2D eigenvalue weighted by atomic mass is 16.5. The molecule has 0 spiro atoms. The molecule has 0 fully saturated rings. The van der Waals surface area contributed by atoms with Crippen molar-refractivity contribution in [3.05, 3.63) is 0 Å². The predicted octanol–water partition coefficient (Wildman–Crippen LogP) is 6.81. The molecular formula is C24H52O4. The summed E-state index contributed by atoms with van der Waals surface area (Å²) in [4.78, 5) is 10.7. The normalized spacial score (nSPS) is 9.79. The second-order valence-electron chi connectivity index (χ2n) is 7.24. The van der Waals surface area contributed by atoms with Gasteiger partial charge in [-0.2, -0.15) is 0 Å². The molecule has 0 unspecified atom stereocenters. The van der Waals surface area contributed by atoms with E-state index in [1.807, 2.05) is 6.92 Å². The second-order valence-corrected chi connectivity index (χ2v) is 7.24. The standard InChI is InChI=1S/C10H22O.C8H16O2.C6H14O/c1-2-3-4-5-6-7-8-9-10-11;1-3-5-6-7-8(9)10-4-2;1-2-3-4-5-6-7/h11H,2-10H2,1H3;3-7H2,1-2H3;7H,2-6H2,1H3. The number of unbranched alkanes of at least 4 members (excludes halogenated alkanes) is 12. The van der Waals surface area contributed by atoms with Crippen molar-refractivity contribution in [2.45, 2.75) is 130 Å². The number of aliphatic hydroxyl groups excluding tert-OH is 2. The minimum Gasteiger partial charge on any atom is -0.466 e. The highest BCUT2D eigenvalue weighted by molar-refractivity contribution is 5.69. The molecule has 0 aliphatic heterocycles. The lowest BCUT2D eigenvalue weighted by atomic mass is 10.1. The van der Waals surface area contributed by atoms with Crippen LogP contribution in [0, 0.1) is 0 Å². The van der Waals surface area contributed by atoms with Gasteiger partial charge >= 0.3 is 5.97 Å². The molecule has 0 aromatic rings. The van der Waals surface area contributed by atoms with Crippen molar-refractivity contribution in [3.8, 4) is 0 Å². The summed E-state index contributed by atoms with van der Waals surface area (Å²) in [6.07, 6.45) is 18.9. The lowest BCUT2D eigenvalue weighted by molar-refractivity contribution is -0.143. The zero-order valence-corrected chi connectivity index (χ0v) is 19.6. The third-order valence-corrected chi connectivity index (χ3v) is 4.31. The van der Waals surface area contributed by atoms with E-state index in [1.54, 1.807) is 0 Å². The summed E-state index contributed by atoms with van der Waals surface area (Å²) < 4.78 is 4.75. The van der Waals surface area contributed by atoms with Gasteiger partial charge in [0.25, 0.3) is 0 Å². The van der Waals surface area contributed by atoms with E-state index in [1.165, 1.54) is 64.2 Å². The topological polar surface area (TPSA) is 66.8 Å². The Morgan fingerprint density at radius 3 is 1.32 bits per heavy atom. The Morgan fingerprint density at radius 1 is 0.571 bits per heavy atom. The van der Waals surface area contributed by atoms with E-state index in [4.69, 9.17) is 14.9 Å². The first-order valence-corrected chi connectivity index (χ1v) is 12.0. The lowest BCUT2D eigenvalue weighted by Crippen LogP contribution is -2.02. The number of carbonyl (C=O) groups is 1. The van der Waals surface area contributed by atoms with Crippen molar-refractivity contribution >= 4 is 5.97 Å². The number of hydrogen-bond donors (Lipinski definition) is 2. The molecule has 0 rings (SSSR count). The van der Waals surface area contributed by atoms with Crippen molar-refractivity contribution in [1.82, 2.24) is 0 Å². The van der Waals surface area contributed by atoms with Gasteiger partial charge in [0.15, 0.2) is 0 Å². The minimum absolute atomic E-state index is 0.0593. The smallest absolute Gasteiger partial charge is 0.305 e. The largest absolute Gasteiger partial charge is 0.466 e. The SMILES string of the molecule is CCCCCC(=O)OCC.CCCCCCCCCCO.CCCCCCO. The number of rotatable bonds is 17. The van der Waals surface area contributed by atoms with Crippen LogP contribution in [0.1, 0.15) is 130 Å². The van der Waals surface area contributed by atoms with E-state index >= 15 is 0 Å². The van der Waals surface area contributed by atoms with Crippen LogP contribution in [0.3, 0.4) is 0 Å². The fourth-order valence-electron chi connectivity index (χ4n) is 2.54. The molecule has 0 saturated heterocycles. The first kappa shape index (κ1) is 32.1. The van der Waals surface area contributed by atoms with Gasteiger partial charge in [0.2, 0.25) is 0 Å². The maximum absolute atomic E-state index is 10.7. The van der Waals surface area contributed by atoms with Crippen molar-refractivity contribution in [2.24, 2.45) is 0 Å². The molecule has 0 aromatic heterocycles. The van der Waals surface area contributed by atoms with Crippen LogP contribution in [0.25, 0.3) is 0 Å². The fraction of sp³-hybridized carbons (Fsp3) is 0.958. The summed E-state index contributed by atoms with van der Waals surface area (Å²) in [5.74, 6) is -0.0593. The Hall–Kier alpha value is -0.610. The molecule has 2 N–H and O–H groups in total. The molecule has 0 aliphatic rings. The molecule has 0 aliphatic carbocycles. The quantitative estimate of drug-likeness (QED) is 0.206. The number of aliphatic hydroxyl groups is 2. The Kier molecular flexibility index (Phi) is 38.9. The molecular weight excluding hydrogens is 352 g/mol. The first-order valence-electron chi connectivity index (χ1n) is 12.0. The average molecular weight is 405 g/mol. The van der Waals surface area contributed by atoms with Crippen molar-refractivity contribution in [2.75, 3.05) is 19.8 Å². The molecule has 4 nitrogen and oxygen atoms in total. The van der Waals surface area contributed by atoms with Gasteiger partial charge in [0.1, 0.15) is 0 Å². The lowest BCUT2D eigenvalue weighted by Gasteiger charge is -1.99. The maximum Gasteiger partial charge on any atom is 0.305 e. The molecule has 0 heterocycles. The Bertz CT molecular complexity index is 245. The number of hydrogen-bond acceptors (Lipinski definition) is 4. The van der Waals surface area contributed by atoms with Crippen LogP contribution in [0.2, 0.25) is 0 Å². The Balaban J connectivity index is -0.000000343. The van der Waals surface area contributed by atoms with Crippen LogP contribution in [-0.2, 0) is 9.53 Å². The Labute approximate surface area is 176 Å². The maximum atomic E-state index is 10.7. The van der Waals surface area contributed by atoms with E-state index in [0.717, 1.165) is 32.1 Å². The predicted molar refractivity (Wildman–Crippen MR) is 122 cm³/mol. The van der Waals surface area contributed by atoms with Gasteiger partial charge in [-0.1, -0.05) is 97.8 Å².